The summed E-state index contributed by atoms with van der Waals surface area (Å²) in [6.45, 7) is 0.135. The Kier molecular flexibility index (Phi) is 4.62. The minimum absolute atomic E-state index is 0.376. The molecular formula is C14H14F3NO3. The number of likely N-dealkylation sites (N-methyl/N-ethyl adjacent to an activating group) is 1. The third-order valence-electron chi connectivity index (χ3n) is 3.44. The largest absolute Gasteiger partial charge is 0.456 e. The Hall–Kier alpha value is -1.89. The van der Waals surface area contributed by atoms with Crippen molar-refractivity contribution in [1.29, 1.82) is 0 Å². The van der Waals surface area contributed by atoms with Gasteiger partial charge in [-0.1, -0.05) is 0 Å². The average Bonchev–Trinajstić information content (AvgIpc) is 2.87. The van der Waals surface area contributed by atoms with Crippen LogP contribution >= 0.6 is 0 Å². The fraction of sp³-hybridized carbons (Fsp3) is 0.429. The normalized spacial score (nSPS) is 18.8. The molecule has 1 aromatic carbocycles. The molecule has 21 heavy (non-hydrogen) atoms. The first-order valence-corrected chi connectivity index (χ1v) is 6.44. The number of esters is 1. The number of likely N-dealkylation sites (tertiary alicyclic amines) is 1. The van der Waals surface area contributed by atoms with E-state index in [4.69, 9.17) is 4.74 Å². The molecule has 0 aliphatic carbocycles. The van der Waals surface area contributed by atoms with Crippen LogP contribution in [0.25, 0.3) is 0 Å². The lowest BCUT2D eigenvalue weighted by Gasteiger charge is -2.17. The van der Waals surface area contributed by atoms with Crippen LogP contribution < -0.4 is 0 Å². The third-order valence-corrected chi connectivity index (χ3v) is 3.44. The van der Waals surface area contributed by atoms with Gasteiger partial charge in [-0.3, -0.25) is 14.5 Å². The van der Waals surface area contributed by atoms with E-state index in [1.54, 1.807) is 7.05 Å². The lowest BCUT2D eigenvalue weighted by atomic mass is 10.1. The van der Waals surface area contributed by atoms with Gasteiger partial charge in [0, 0.05) is 5.56 Å². The van der Waals surface area contributed by atoms with Crippen LogP contribution in [0.3, 0.4) is 0 Å². The van der Waals surface area contributed by atoms with Crippen LogP contribution in [0.15, 0.2) is 12.1 Å². The molecule has 1 heterocycles. The Morgan fingerprint density at radius 2 is 1.90 bits per heavy atom. The molecule has 0 N–H and O–H groups in total. The van der Waals surface area contributed by atoms with Crippen LogP contribution in [0.2, 0.25) is 0 Å². The van der Waals surface area contributed by atoms with Crippen LogP contribution in [0.1, 0.15) is 23.2 Å². The first-order chi connectivity index (χ1) is 9.90. The van der Waals surface area contributed by atoms with E-state index in [9.17, 15) is 22.8 Å². The van der Waals surface area contributed by atoms with Gasteiger partial charge in [-0.15, -0.1) is 0 Å². The molecule has 1 saturated heterocycles. The van der Waals surface area contributed by atoms with E-state index in [0.717, 1.165) is 13.0 Å². The van der Waals surface area contributed by atoms with Crippen LogP contribution in [0.4, 0.5) is 13.2 Å². The number of Topliss-reactive ketones (excluding diaryl/α,β-unsaturated/α-hetero) is 1. The van der Waals surface area contributed by atoms with Crippen LogP contribution in [-0.2, 0) is 9.53 Å². The van der Waals surface area contributed by atoms with Crippen LogP contribution in [0, 0.1) is 17.5 Å². The number of carbonyl (C=O) groups is 2. The summed E-state index contributed by atoms with van der Waals surface area (Å²) in [5, 5.41) is 0. The summed E-state index contributed by atoms with van der Waals surface area (Å²) < 4.78 is 43.7. The number of benzene rings is 1. The molecule has 0 aromatic heterocycles. The molecule has 1 fully saturated rings. The molecule has 0 saturated carbocycles. The molecule has 1 aromatic rings. The highest BCUT2D eigenvalue weighted by molar-refractivity contribution is 5.98. The topological polar surface area (TPSA) is 46.6 Å². The van der Waals surface area contributed by atoms with Crippen LogP contribution in [-0.4, -0.2) is 42.9 Å². The van der Waals surface area contributed by atoms with Crippen molar-refractivity contribution in [3.8, 4) is 0 Å². The molecule has 7 heteroatoms. The number of hydrogen-bond acceptors (Lipinski definition) is 4. The number of carbonyl (C=O) groups excluding carboxylic acids is 2. The monoisotopic (exact) mass is 301 g/mol. The van der Waals surface area contributed by atoms with Gasteiger partial charge in [-0.2, -0.15) is 0 Å². The molecule has 0 amide bonds. The maximum atomic E-state index is 13.0. The van der Waals surface area contributed by atoms with Gasteiger partial charge in [-0.25, -0.2) is 13.2 Å². The summed E-state index contributed by atoms with van der Waals surface area (Å²) >= 11 is 0. The molecular weight excluding hydrogens is 287 g/mol. The van der Waals surface area contributed by atoms with Gasteiger partial charge in [0.05, 0.1) is 0 Å². The molecule has 0 spiro atoms. The first-order valence-electron chi connectivity index (χ1n) is 6.44. The standard InChI is InChI=1S/C14H14F3NO3/c1-18-4-2-3-11(18)14(20)21-7-12(19)8-5-9(15)13(17)10(16)6-8/h5-6,11H,2-4,7H2,1H3. The Labute approximate surface area is 119 Å². The number of halogens is 3. The van der Waals surface area contributed by atoms with E-state index >= 15 is 0 Å². The predicted octanol–water partition coefficient (Wildman–Crippen LogP) is 1.92. The van der Waals surface area contributed by atoms with Gasteiger partial charge in [0.25, 0.3) is 0 Å². The maximum Gasteiger partial charge on any atom is 0.323 e. The maximum absolute atomic E-state index is 13.0. The third kappa shape index (κ3) is 3.41. The zero-order valence-electron chi connectivity index (χ0n) is 11.4. The summed E-state index contributed by atoms with van der Waals surface area (Å²) in [4.78, 5) is 25.3. The molecule has 1 aliphatic rings. The Morgan fingerprint density at radius 3 is 2.43 bits per heavy atom. The zero-order valence-corrected chi connectivity index (χ0v) is 11.4. The summed E-state index contributed by atoms with van der Waals surface area (Å²) in [6, 6.07) is 0.756. The quantitative estimate of drug-likeness (QED) is 0.484. The fourth-order valence-corrected chi connectivity index (χ4v) is 2.24. The van der Waals surface area contributed by atoms with E-state index in [1.165, 1.54) is 0 Å². The van der Waals surface area contributed by atoms with Gasteiger partial charge >= 0.3 is 5.97 Å². The highest BCUT2D eigenvalue weighted by atomic mass is 19.2. The minimum Gasteiger partial charge on any atom is -0.456 e. The van der Waals surface area contributed by atoms with E-state index in [1.807, 2.05) is 4.90 Å². The molecule has 0 radical (unpaired) electrons. The van der Waals surface area contributed by atoms with E-state index < -0.39 is 41.9 Å². The number of rotatable bonds is 4. The molecule has 1 atom stereocenters. The smallest absolute Gasteiger partial charge is 0.323 e. The Bertz CT molecular complexity index is 554. The highest BCUT2D eigenvalue weighted by Gasteiger charge is 2.29. The van der Waals surface area contributed by atoms with Crippen LogP contribution in [0.5, 0.6) is 0 Å². The second-order valence-corrected chi connectivity index (χ2v) is 4.92. The minimum atomic E-state index is -1.64. The first kappa shape index (κ1) is 15.5. The second-order valence-electron chi connectivity index (χ2n) is 4.92. The van der Waals surface area contributed by atoms with Crippen molar-refractivity contribution >= 4 is 11.8 Å². The molecule has 4 nitrogen and oxygen atoms in total. The molecule has 0 bridgehead atoms. The summed E-state index contributed by atoms with van der Waals surface area (Å²) in [5.41, 5.74) is -0.376. The van der Waals surface area contributed by atoms with Crippen molar-refractivity contribution in [3.63, 3.8) is 0 Å². The molecule has 2 rings (SSSR count). The van der Waals surface area contributed by atoms with Crippen molar-refractivity contribution in [2.24, 2.45) is 0 Å². The molecule has 1 unspecified atom stereocenters. The van der Waals surface area contributed by atoms with Gasteiger partial charge in [0.15, 0.2) is 24.1 Å². The average molecular weight is 301 g/mol. The lowest BCUT2D eigenvalue weighted by Crippen LogP contribution is -2.35. The van der Waals surface area contributed by atoms with Gasteiger partial charge in [0.1, 0.15) is 6.04 Å². The number of hydrogen-bond donors (Lipinski definition) is 0. The van der Waals surface area contributed by atoms with Gasteiger partial charge < -0.3 is 4.74 Å². The number of ketones is 1. The number of ether oxygens (including phenoxy) is 1. The zero-order chi connectivity index (χ0) is 15.6. The van der Waals surface area contributed by atoms with Gasteiger partial charge in [0.2, 0.25) is 5.78 Å². The molecule has 114 valence electrons. The lowest BCUT2D eigenvalue weighted by molar-refractivity contribution is -0.147. The predicted molar refractivity (Wildman–Crippen MR) is 67.3 cm³/mol. The summed E-state index contributed by atoms with van der Waals surface area (Å²) in [6.07, 6.45) is 1.50. The summed E-state index contributed by atoms with van der Waals surface area (Å²) in [5.74, 6) is -5.90. The highest BCUT2D eigenvalue weighted by Crippen LogP contribution is 2.17. The molecule has 1 aliphatic heterocycles. The van der Waals surface area contributed by atoms with Crippen molar-refractivity contribution < 1.29 is 27.5 Å². The van der Waals surface area contributed by atoms with E-state index in [0.29, 0.717) is 18.6 Å². The second kappa shape index (κ2) is 6.26. The Balaban J connectivity index is 1.97. The van der Waals surface area contributed by atoms with Crippen molar-refractivity contribution in [3.05, 3.63) is 35.1 Å². The number of nitrogens with zero attached hydrogens (tertiary/aromatic N) is 1. The fourth-order valence-electron chi connectivity index (χ4n) is 2.24. The Morgan fingerprint density at radius 1 is 1.29 bits per heavy atom. The van der Waals surface area contributed by atoms with Gasteiger partial charge in [-0.05, 0) is 38.6 Å². The van der Waals surface area contributed by atoms with Crippen molar-refractivity contribution in [2.75, 3.05) is 20.2 Å². The van der Waals surface area contributed by atoms with Crippen molar-refractivity contribution in [2.45, 2.75) is 18.9 Å². The van der Waals surface area contributed by atoms with E-state index in [2.05, 4.69) is 0 Å². The SMILES string of the molecule is CN1CCCC1C(=O)OCC(=O)c1cc(F)c(F)c(F)c1. The summed E-state index contributed by atoms with van der Waals surface area (Å²) in [7, 11) is 1.77. The van der Waals surface area contributed by atoms with Crippen molar-refractivity contribution in [1.82, 2.24) is 4.90 Å². The van der Waals surface area contributed by atoms with E-state index in [-0.39, 0.29) is 5.56 Å².